The van der Waals surface area contributed by atoms with Crippen LogP contribution in [0.4, 0.5) is 0 Å². The molecule has 1 unspecified atom stereocenters. The number of carbonyl (C=O) groups is 3. The molecule has 8 heteroatoms. The molecule has 25 heavy (non-hydrogen) atoms. The van der Waals surface area contributed by atoms with Crippen LogP contribution in [0, 0.1) is 0 Å². The summed E-state index contributed by atoms with van der Waals surface area (Å²) in [6.07, 6.45) is 0.603. The van der Waals surface area contributed by atoms with Crippen molar-refractivity contribution in [2.24, 2.45) is 0 Å². The average molecular weight is 369 g/mol. The van der Waals surface area contributed by atoms with Crippen LogP contribution in [-0.4, -0.2) is 60.1 Å². The summed E-state index contributed by atoms with van der Waals surface area (Å²) < 4.78 is 5.25. The Bertz CT molecular complexity index is 620. The molecule has 1 atom stereocenters. The Hall–Kier alpha value is -2.12. The molecule has 7 nitrogen and oxygen atoms in total. The highest BCUT2D eigenvalue weighted by molar-refractivity contribution is 6.30. The van der Waals surface area contributed by atoms with Gasteiger partial charge in [0.1, 0.15) is 0 Å². The number of carbonyl (C=O) groups excluding carboxylic acids is 2. The molecule has 1 aromatic carbocycles. The minimum Gasteiger partial charge on any atom is -0.481 e. The van der Waals surface area contributed by atoms with Gasteiger partial charge in [0.05, 0.1) is 25.7 Å². The fourth-order valence-electron chi connectivity index (χ4n) is 2.64. The molecule has 2 N–H and O–H groups in total. The molecule has 0 radical (unpaired) electrons. The summed E-state index contributed by atoms with van der Waals surface area (Å²) in [6, 6.07) is 6.12. The first-order valence-electron chi connectivity index (χ1n) is 8.10. The average Bonchev–Trinajstić information content (AvgIpc) is 2.59. The fourth-order valence-corrected chi connectivity index (χ4v) is 2.77. The first-order valence-corrected chi connectivity index (χ1v) is 8.48. The van der Waals surface area contributed by atoms with Gasteiger partial charge in [-0.05, 0) is 30.7 Å². The Balaban J connectivity index is 1.74. The van der Waals surface area contributed by atoms with Crippen LogP contribution in [-0.2, 0) is 14.3 Å². The molecule has 1 fully saturated rings. The Labute approximate surface area is 150 Å². The molecule has 0 saturated carbocycles. The predicted molar refractivity (Wildman–Crippen MR) is 91.6 cm³/mol. The highest BCUT2D eigenvalue weighted by Gasteiger charge is 2.28. The van der Waals surface area contributed by atoms with Crippen molar-refractivity contribution in [2.45, 2.75) is 25.3 Å². The van der Waals surface area contributed by atoms with E-state index in [4.69, 9.17) is 21.4 Å². The maximum absolute atomic E-state index is 12.3. The van der Waals surface area contributed by atoms with Gasteiger partial charge in [0, 0.05) is 30.1 Å². The molecule has 2 rings (SSSR count). The first-order chi connectivity index (χ1) is 12.0. The summed E-state index contributed by atoms with van der Waals surface area (Å²) >= 11 is 5.78. The van der Waals surface area contributed by atoms with Crippen LogP contribution in [0.5, 0.6) is 0 Å². The van der Waals surface area contributed by atoms with Gasteiger partial charge in [0.2, 0.25) is 5.91 Å². The molecule has 1 saturated heterocycles. The number of carboxylic acid groups (broad SMARTS) is 1. The smallest absolute Gasteiger partial charge is 0.305 e. The first kappa shape index (κ1) is 19.2. The van der Waals surface area contributed by atoms with Crippen LogP contribution in [0.1, 0.15) is 29.6 Å². The standard InChI is InChI=1S/C17H21ClN2O5/c18-13-5-3-12(4-6-13)17(24)19-7-1-2-15(21)20-8-9-25-11-14(20)10-16(22)23/h3-6,14H,1-2,7-11H2,(H,19,24)(H,22,23). The quantitative estimate of drug-likeness (QED) is 0.712. The molecule has 136 valence electrons. The van der Waals surface area contributed by atoms with E-state index < -0.39 is 12.0 Å². The molecule has 2 amide bonds. The third kappa shape index (κ3) is 6.03. The summed E-state index contributed by atoms with van der Waals surface area (Å²) in [5.74, 6) is -1.29. The van der Waals surface area contributed by atoms with Gasteiger partial charge in [-0.1, -0.05) is 11.6 Å². The zero-order valence-corrected chi connectivity index (χ0v) is 14.5. The minimum absolute atomic E-state index is 0.115. The Morgan fingerprint density at radius 2 is 2.00 bits per heavy atom. The van der Waals surface area contributed by atoms with Gasteiger partial charge < -0.3 is 20.1 Å². The molecule has 1 aromatic rings. The monoisotopic (exact) mass is 368 g/mol. The normalized spacial score (nSPS) is 17.2. The number of nitrogens with zero attached hydrogens (tertiary/aromatic N) is 1. The topological polar surface area (TPSA) is 95.9 Å². The predicted octanol–water partition coefficient (Wildman–Crippen LogP) is 1.55. The maximum Gasteiger partial charge on any atom is 0.305 e. The number of benzene rings is 1. The summed E-state index contributed by atoms with van der Waals surface area (Å²) in [5, 5.41) is 12.2. The number of carboxylic acids is 1. The van der Waals surface area contributed by atoms with Gasteiger partial charge in [-0.15, -0.1) is 0 Å². The maximum atomic E-state index is 12.3. The van der Waals surface area contributed by atoms with Crippen molar-refractivity contribution in [3.05, 3.63) is 34.9 Å². The second-order valence-corrected chi connectivity index (χ2v) is 6.22. The van der Waals surface area contributed by atoms with Gasteiger partial charge in [-0.25, -0.2) is 0 Å². The second kappa shape index (κ2) is 9.39. The van der Waals surface area contributed by atoms with Crippen LogP contribution >= 0.6 is 11.6 Å². The zero-order chi connectivity index (χ0) is 18.2. The lowest BCUT2D eigenvalue weighted by Gasteiger charge is -2.35. The van der Waals surface area contributed by atoms with E-state index in [1.54, 1.807) is 29.2 Å². The van der Waals surface area contributed by atoms with E-state index in [0.717, 1.165) is 0 Å². The summed E-state index contributed by atoms with van der Waals surface area (Å²) in [7, 11) is 0. The second-order valence-electron chi connectivity index (χ2n) is 5.78. The molecular formula is C17H21ClN2O5. The lowest BCUT2D eigenvalue weighted by molar-refractivity contribution is -0.146. The molecule has 1 aliphatic heterocycles. The van der Waals surface area contributed by atoms with Crippen molar-refractivity contribution >= 4 is 29.4 Å². The number of rotatable bonds is 7. The summed E-state index contributed by atoms with van der Waals surface area (Å²) in [5.41, 5.74) is 0.505. The molecule has 1 aliphatic rings. The van der Waals surface area contributed by atoms with Crippen LogP contribution in [0.2, 0.25) is 5.02 Å². The molecule has 0 aliphatic carbocycles. The van der Waals surface area contributed by atoms with Crippen molar-refractivity contribution < 1.29 is 24.2 Å². The van der Waals surface area contributed by atoms with E-state index in [9.17, 15) is 14.4 Å². The lowest BCUT2D eigenvalue weighted by Crippen LogP contribution is -2.49. The van der Waals surface area contributed by atoms with Gasteiger partial charge >= 0.3 is 5.97 Å². The number of amides is 2. The van der Waals surface area contributed by atoms with E-state index in [1.165, 1.54) is 0 Å². The van der Waals surface area contributed by atoms with E-state index >= 15 is 0 Å². The van der Waals surface area contributed by atoms with Crippen molar-refractivity contribution in [2.75, 3.05) is 26.3 Å². The number of hydrogen-bond donors (Lipinski definition) is 2. The SMILES string of the molecule is O=C(O)CC1COCCN1C(=O)CCCNC(=O)c1ccc(Cl)cc1. The third-order valence-electron chi connectivity index (χ3n) is 3.92. The molecule has 0 aromatic heterocycles. The van der Waals surface area contributed by atoms with Crippen molar-refractivity contribution in [1.82, 2.24) is 10.2 Å². The van der Waals surface area contributed by atoms with Gasteiger partial charge in [0.15, 0.2) is 0 Å². The number of aliphatic carboxylic acids is 1. The van der Waals surface area contributed by atoms with Crippen LogP contribution in [0.25, 0.3) is 0 Å². The number of nitrogens with one attached hydrogen (secondary N) is 1. The van der Waals surface area contributed by atoms with Gasteiger partial charge in [0.25, 0.3) is 5.91 Å². The van der Waals surface area contributed by atoms with Crippen LogP contribution in [0.15, 0.2) is 24.3 Å². The fraction of sp³-hybridized carbons (Fsp3) is 0.471. The largest absolute Gasteiger partial charge is 0.481 e. The van der Waals surface area contributed by atoms with Crippen molar-refractivity contribution in [3.8, 4) is 0 Å². The molecular weight excluding hydrogens is 348 g/mol. The molecule has 0 bridgehead atoms. The number of morpholine rings is 1. The summed E-state index contributed by atoms with van der Waals surface area (Å²) in [6.45, 7) is 1.41. The lowest BCUT2D eigenvalue weighted by atomic mass is 10.1. The number of halogens is 1. The minimum atomic E-state index is -0.955. The van der Waals surface area contributed by atoms with Crippen LogP contribution < -0.4 is 5.32 Å². The number of ether oxygens (including phenoxy) is 1. The van der Waals surface area contributed by atoms with E-state index in [-0.39, 0.29) is 31.3 Å². The highest BCUT2D eigenvalue weighted by Crippen LogP contribution is 2.13. The van der Waals surface area contributed by atoms with Gasteiger partial charge in [-0.3, -0.25) is 14.4 Å². The van der Waals surface area contributed by atoms with E-state index in [0.29, 0.717) is 36.7 Å². The van der Waals surface area contributed by atoms with Crippen molar-refractivity contribution in [1.29, 1.82) is 0 Å². The summed E-state index contributed by atoms with van der Waals surface area (Å²) in [4.78, 5) is 36.7. The zero-order valence-electron chi connectivity index (χ0n) is 13.7. The molecule has 0 spiro atoms. The van der Waals surface area contributed by atoms with E-state index in [2.05, 4.69) is 5.32 Å². The third-order valence-corrected chi connectivity index (χ3v) is 4.17. The Morgan fingerprint density at radius 3 is 2.68 bits per heavy atom. The Morgan fingerprint density at radius 1 is 1.28 bits per heavy atom. The van der Waals surface area contributed by atoms with E-state index in [1.807, 2.05) is 0 Å². The van der Waals surface area contributed by atoms with Crippen LogP contribution in [0.3, 0.4) is 0 Å². The number of hydrogen-bond acceptors (Lipinski definition) is 4. The van der Waals surface area contributed by atoms with Gasteiger partial charge in [-0.2, -0.15) is 0 Å². The highest BCUT2D eigenvalue weighted by atomic mass is 35.5. The molecule has 1 heterocycles. The Kier molecular flexibility index (Phi) is 7.21. The van der Waals surface area contributed by atoms with Crippen molar-refractivity contribution in [3.63, 3.8) is 0 Å².